The molecule has 0 bridgehead atoms. The maximum atomic E-state index is 12.4. The lowest BCUT2D eigenvalue weighted by Crippen LogP contribution is -2.45. The van der Waals surface area contributed by atoms with Gasteiger partial charge in [0.05, 0.1) is 18.8 Å². The van der Waals surface area contributed by atoms with Gasteiger partial charge in [-0.3, -0.25) is 4.79 Å². The van der Waals surface area contributed by atoms with Crippen molar-refractivity contribution in [2.75, 3.05) is 6.61 Å². The van der Waals surface area contributed by atoms with Crippen molar-refractivity contribution in [3.05, 3.63) is 60.8 Å². The van der Waals surface area contributed by atoms with Crippen LogP contribution in [-0.4, -0.2) is 34.9 Å². The molecule has 4 nitrogen and oxygen atoms in total. The maximum Gasteiger partial charge on any atom is 0.220 e. The highest BCUT2D eigenvalue weighted by Gasteiger charge is 2.20. The Kier molecular flexibility index (Phi) is 41.9. The van der Waals surface area contributed by atoms with Crippen LogP contribution in [0.2, 0.25) is 0 Å². The molecule has 1 amide bonds. The van der Waals surface area contributed by atoms with Crippen molar-refractivity contribution in [3.8, 4) is 0 Å². The molecule has 2 atom stereocenters. The zero-order chi connectivity index (χ0) is 37.8. The second-order valence-corrected chi connectivity index (χ2v) is 15.1. The van der Waals surface area contributed by atoms with Gasteiger partial charge >= 0.3 is 0 Å². The molecule has 0 aromatic rings. The van der Waals surface area contributed by atoms with Crippen molar-refractivity contribution in [2.24, 2.45) is 0 Å². The molecule has 2 unspecified atom stereocenters. The Morgan fingerprint density at radius 2 is 0.846 bits per heavy atom. The number of amides is 1. The quantitative estimate of drug-likeness (QED) is 0.0435. The number of carbonyl (C=O) groups is 1. The van der Waals surface area contributed by atoms with E-state index in [4.69, 9.17) is 0 Å². The van der Waals surface area contributed by atoms with E-state index in [1.165, 1.54) is 128 Å². The summed E-state index contributed by atoms with van der Waals surface area (Å²) in [5.41, 5.74) is 0. The van der Waals surface area contributed by atoms with Gasteiger partial charge in [0, 0.05) is 6.42 Å². The first-order chi connectivity index (χ1) is 25.7. The number of hydrogen-bond donors (Lipinski definition) is 3. The molecule has 0 aliphatic carbocycles. The number of carbonyl (C=O) groups excluding carboxylic acids is 1. The Morgan fingerprint density at radius 3 is 1.27 bits per heavy atom. The van der Waals surface area contributed by atoms with Gasteiger partial charge in [-0.1, -0.05) is 216 Å². The third-order valence-corrected chi connectivity index (χ3v) is 10.0. The van der Waals surface area contributed by atoms with E-state index in [1.54, 1.807) is 0 Å². The molecule has 0 aromatic carbocycles. The second-order valence-electron chi connectivity index (χ2n) is 15.1. The number of aliphatic hydroxyl groups is 2. The van der Waals surface area contributed by atoms with Crippen LogP contribution in [-0.2, 0) is 4.79 Å². The van der Waals surface area contributed by atoms with Crippen LogP contribution in [0.15, 0.2) is 60.8 Å². The fraction of sp³-hybridized carbons (Fsp3) is 0.771. The summed E-state index contributed by atoms with van der Waals surface area (Å²) in [5.74, 6) is -0.0439. The number of rotatable bonds is 40. The van der Waals surface area contributed by atoms with E-state index in [1.807, 2.05) is 0 Å². The van der Waals surface area contributed by atoms with Crippen molar-refractivity contribution >= 4 is 5.91 Å². The zero-order valence-electron chi connectivity index (χ0n) is 34.6. The van der Waals surface area contributed by atoms with Crippen molar-refractivity contribution in [1.82, 2.24) is 5.32 Å². The van der Waals surface area contributed by atoms with Gasteiger partial charge in [-0.25, -0.2) is 0 Å². The molecule has 52 heavy (non-hydrogen) atoms. The molecule has 4 heteroatoms. The van der Waals surface area contributed by atoms with Crippen molar-refractivity contribution < 1.29 is 15.0 Å². The van der Waals surface area contributed by atoms with E-state index < -0.39 is 12.1 Å². The average molecular weight is 726 g/mol. The van der Waals surface area contributed by atoms with Crippen molar-refractivity contribution in [3.63, 3.8) is 0 Å². The molecule has 0 heterocycles. The van der Waals surface area contributed by atoms with E-state index >= 15 is 0 Å². The molecule has 0 aliphatic heterocycles. The van der Waals surface area contributed by atoms with Gasteiger partial charge in [0.15, 0.2) is 0 Å². The lowest BCUT2D eigenvalue weighted by Gasteiger charge is -2.22. The van der Waals surface area contributed by atoms with E-state index in [9.17, 15) is 15.0 Å². The van der Waals surface area contributed by atoms with Crippen LogP contribution in [0, 0.1) is 0 Å². The summed E-state index contributed by atoms with van der Waals surface area (Å²) in [5, 5.41) is 23.2. The molecular weight excluding hydrogens is 639 g/mol. The predicted molar refractivity (Wildman–Crippen MR) is 230 cm³/mol. The normalized spacial score (nSPS) is 13.5. The molecule has 0 spiro atoms. The molecule has 0 saturated heterocycles. The minimum atomic E-state index is -0.667. The van der Waals surface area contributed by atoms with Crippen LogP contribution >= 0.6 is 0 Å². The minimum absolute atomic E-state index is 0.0439. The summed E-state index contributed by atoms with van der Waals surface area (Å²) in [6, 6.07) is -0.545. The largest absolute Gasteiger partial charge is 0.394 e. The molecule has 0 fully saturated rings. The van der Waals surface area contributed by atoms with Gasteiger partial charge in [0.2, 0.25) is 5.91 Å². The van der Waals surface area contributed by atoms with Crippen LogP contribution in [0.25, 0.3) is 0 Å². The Labute approximate surface area is 324 Å². The number of aliphatic hydroxyl groups excluding tert-OH is 2. The highest BCUT2D eigenvalue weighted by molar-refractivity contribution is 5.76. The standard InChI is InChI=1S/C48H87NO3/c1-3-5-7-9-11-13-15-17-19-21-22-23-24-25-26-28-30-32-34-36-38-40-42-44-48(52)49-46(45-50)47(51)43-41-39-37-35-33-31-29-27-20-18-16-14-12-10-8-6-4-2/h5,7,11,13,17,19,22-23,25-26,46-47,50-51H,3-4,6,8-10,12,14-16,18,20-21,24,27-45H2,1-2H3,(H,49,52)/b7-5-,13-11-,19-17-,23-22-,26-25-. The molecule has 0 saturated carbocycles. The molecule has 0 aromatic heterocycles. The van der Waals surface area contributed by atoms with Gasteiger partial charge in [0.1, 0.15) is 0 Å². The number of hydrogen-bond acceptors (Lipinski definition) is 3. The first kappa shape index (κ1) is 50.1. The Bertz CT molecular complexity index is 873. The molecule has 3 N–H and O–H groups in total. The monoisotopic (exact) mass is 726 g/mol. The number of nitrogens with one attached hydrogen (secondary N) is 1. The van der Waals surface area contributed by atoms with Gasteiger partial charge in [-0.15, -0.1) is 0 Å². The fourth-order valence-corrected chi connectivity index (χ4v) is 6.62. The lowest BCUT2D eigenvalue weighted by atomic mass is 10.0. The summed E-state index contributed by atoms with van der Waals surface area (Å²) >= 11 is 0. The molecule has 0 aliphatic rings. The highest BCUT2D eigenvalue weighted by Crippen LogP contribution is 2.16. The molecular formula is C48H87NO3. The second kappa shape index (κ2) is 43.5. The van der Waals surface area contributed by atoms with E-state index in [-0.39, 0.29) is 12.5 Å². The predicted octanol–water partition coefficient (Wildman–Crippen LogP) is 14.1. The topological polar surface area (TPSA) is 69.6 Å². The first-order valence-electron chi connectivity index (χ1n) is 22.5. The van der Waals surface area contributed by atoms with Crippen molar-refractivity contribution in [2.45, 2.75) is 231 Å². The van der Waals surface area contributed by atoms with Gasteiger partial charge in [-0.2, -0.15) is 0 Å². The van der Waals surface area contributed by atoms with Crippen molar-refractivity contribution in [1.29, 1.82) is 0 Å². The summed E-state index contributed by atoms with van der Waals surface area (Å²) in [7, 11) is 0. The lowest BCUT2D eigenvalue weighted by molar-refractivity contribution is -0.123. The molecule has 302 valence electrons. The Hall–Kier alpha value is -1.91. The smallest absolute Gasteiger partial charge is 0.220 e. The van der Waals surface area contributed by atoms with Gasteiger partial charge in [0.25, 0.3) is 0 Å². The van der Waals surface area contributed by atoms with Crippen LogP contribution < -0.4 is 5.32 Å². The number of allylic oxidation sites excluding steroid dienone is 10. The van der Waals surface area contributed by atoms with Crippen LogP contribution in [0.5, 0.6) is 0 Å². The third kappa shape index (κ3) is 39.3. The van der Waals surface area contributed by atoms with E-state index in [0.29, 0.717) is 12.8 Å². The zero-order valence-corrected chi connectivity index (χ0v) is 34.6. The van der Waals surface area contributed by atoms with E-state index in [0.717, 1.165) is 64.2 Å². The first-order valence-corrected chi connectivity index (χ1v) is 22.5. The average Bonchev–Trinajstić information content (AvgIpc) is 3.15. The van der Waals surface area contributed by atoms with E-state index in [2.05, 4.69) is 79.9 Å². The van der Waals surface area contributed by atoms with Gasteiger partial charge < -0.3 is 15.5 Å². The number of unbranched alkanes of at least 4 members (excludes halogenated alkanes) is 23. The van der Waals surface area contributed by atoms with Crippen LogP contribution in [0.3, 0.4) is 0 Å². The Morgan fingerprint density at radius 1 is 0.481 bits per heavy atom. The molecule has 0 radical (unpaired) electrons. The Balaban J connectivity index is 3.58. The molecule has 0 rings (SSSR count). The minimum Gasteiger partial charge on any atom is -0.394 e. The summed E-state index contributed by atoms with van der Waals surface area (Å²) in [6.45, 7) is 4.24. The van der Waals surface area contributed by atoms with Crippen LogP contribution in [0.4, 0.5) is 0 Å². The summed E-state index contributed by atoms with van der Waals surface area (Å²) in [6.07, 6.45) is 60.1. The SMILES string of the molecule is CC/C=C\C/C=C\C/C=C\C/C=C\C/C=C\CCCCCCCCCC(=O)NC(CO)C(O)CCCCCCCCCCCCCCCCCCC. The fourth-order valence-electron chi connectivity index (χ4n) is 6.62. The highest BCUT2D eigenvalue weighted by atomic mass is 16.3. The summed E-state index contributed by atoms with van der Waals surface area (Å²) < 4.78 is 0. The van der Waals surface area contributed by atoms with Gasteiger partial charge in [-0.05, 0) is 57.8 Å². The summed E-state index contributed by atoms with van der Waals surface area (Å²) in [4.78, 5) is 12.4. The van der Waals surface area contributed by atoms with Crippen LogP contribution in [0.1, 0.15) is 219 Å². The third-order valence-electron chi connectivity index (χ3n) is 10.0. The maximum absolute atomic E-state index is 12.4.